The van der Waals surface area contributed by atoms with Crippen molar-refractivity contribution < 1.29 is 19.1 Å². The number of benzene rings is 2. The lowest BCUT2D eigenvalue weighted by Gasteiger charge is -2.37. The fraction of sp³-hybridized carbons (Fsp3) is 0.379. The maximum absolute atomic E-state index is 13.8. The molecule has 38 heavy (non-hydrogen) atoms. The molecule has 0 saturated carbocycles. The van der Waals surface area contributed by atoms with Gasteiger partial charge in [0.25, 0.3) is 0 Å². The molecule has 9 heteroatoms. The van der Waals surface area contributed by atoms with Gasteiger partial charge in [0.2, 0.25) is 5.91 Å². The van der Waals surface area contributed by atoms with E-state index < -0.39 is 0 Å². The number of para-hydroxylation sites is 2. The van der Waals surface area contributed by atoms with Crippen LogP contribution in [-0.2, 0) is 11.2 Å². The van der Waals surface area contributed by atoms with Gasteiger partial charge in [0.1, 0.15) is 13.2 Å². The predicted molar refractivity (Wildman–Crippen MR) is 152 cm³/mol. The van der Waals surface area contributed by atoms with E-state index in [-0.39, 0.29) is 37.0 Å². The highest BCUT2D eigenvalue weighted by atomic mass is 35.5. The number of thiophene rings is 1. The van der Waals surface area contributed by atoms with Gasteiger partial charge in [-0.1, -0.05) is 50.1 Å². The zero-order chi connectivity index (χ0) is 27.1. The van der Waals surface area contributed by atoms with Crippen molar-refractivity contribution in [2.75, 3.05) is 38.7 Å². The second-order valence-corrected chi connectivity index (χ2v) is 10.9. The lowest BCUT2D eigenvalue weighted by atomic mass is 10.00. The Kier molecular flexibility index (Phi) is 9.53. The maximum Gasteiger partial charge on any atom is 0.322 e. The lowest BCUT2D eigenvalue weighted by molar-refractivity contribution is -0.135. The number of nitrogens with one attached hydrogen (secondary N) is 1. The SMILES string of the molecule is CC[C@@H](C)CN(CC(=O)N1CCc2sccc2[C@@H]1COc1ccccc1OC)C(=O)Nc1cccc(Cl)c1. The van der Waals surface area contributed by atoms with E-state index in [0.29, 0.717) is 35.3 Å². The molecule has 2 aromatic carbocycles. The Balaban J connectivity index is 1.52. The average molecular weight is 556 g/mol. The van der Waals surface area contributed by atoms with E-state index in [0.717, 1.165) is 18.4 Å². The van der Waals surface area contributed by atoms with Crippen LogP contribution in [0, 0.1) is 5.92 Å². The van der Waals surface area contributed by atoms with Crippen LogP contribution in [0.3, 0.4) is 0 Å². The first-order valence-electron chi connectivity index (χ1n) is 12.8. The van der Waals surface area contributed by atoms with Crippen LogP contribution in [-0.4, -0.2) is 55.1 Å². The van der Waals surface area contributed by atoms with Crippen molar-refractivity contribution in [1.82, 2.24) is 9.80 Å². The molecule has 2 atom stereocenters. The van der Waals surface area contributed by atoms with Crippen LogP contribution < -0.4 is 14.8 Å². The molecule has 0 unspecified atom stereocenters. The first-order valence-corrected chi connectivity index (χ1v) is 14.1. The molecule has 2 heterocycles. The highest BCUT2D eigenvalue weighted by molar-refractivity contribution is 7.10. The van der Waals surface area contributed by atoms with Crippen LogP contribution in [0.5, 0.6) is 11.5 Å². The summed E-state index contributed by atoms with van der Waals surface area (Å²) in [5.74, 6) is 1.40. The maximum atomic E-state index is 13.8. The number of rotatable bonds is 10. The third kappa shape index (κ3) is 6.79. The standard InChI is InChI=1S/C29H34ClN3O4S/c1-4-20(2)17-32(29(35)31-22-9-7-8-21(30)16-22)18-28(34)33-14-12-27-23(13-15-38-27)24(33)19-37-26-11-6-5-10-25(26)36-3/h5-11,13,15-16,20,24H,4,12,14,17-19H2,1-3H3,(H,31,35)/t20-,24+/m1/s1. The Morgan fingerprint density at radius 1 is 1.18 bits per heavy atom. The topological polar surface area (TPSA) is 71.1 Å². The molecular formula is C29H34ClN3O4S. The molecule has 1 aliphatic heterocycles. The third-order valence-electron chi connectivity index (χ3n) is 6.80. The van der Waals surface area contributed by atoms with Crippen molar-refractivity contribution >= 4 is 40.6 Å². The van der Waals surface area contributed by atoms with Gasteiger partial charge >= 0.3 is 6.03 Å². The van der Waals surface area contributed by atoms with Gasteiger partial charge in [-0.2, -0.15) is 0 Å². The van der Waals surface area contributed by atoms with Crippen molar-refractivity contribution in [3.8, 4) is 11.5 Å². The van der Waals surface area contributed by atoms with E-state index >= 15 is 0 Å². The molecule has 7 nitrogen and oxygen atoms in total. The van der Waals surface area contributed by atoms with Crippen LogP contribution in [0.1, 0.15) is 36.8 Å². The average Bonchev–Trinajstić information content (AvgIpc) is 3.40. The first kappa shape index (κ1) is 27.8. The fourth-order valence-electron chi connectivity index (χ4n) is 4.53. The number of halogens is 1. The summed E-state index contributed by atoms with van der Waals surface area (Å²) in [6, 6.07) is 16.0. The molecule has 0 spiro atoms. The second kappa shape index (κ2) is 13.0. The molecule has 1 aliphatic rings. The van der Waals surface area contributed by atoms with Gasteiger partial charge in [-0.15, -0.1) is 11.3 Å². The van der Waals surface area contributed by atoms with E-state index in [1.807, 2.05) is 29.2 Å². The van der Waals surface area contributed by atoms with E-state index in [1.54, 1.807) is 47.6 Å². The zero-order valence-electron chi connectivity index (χ0n) is 22.0. The summed E-state index contributed by atoms with van der Waals surface area (Å²) in [6.45, 7) is 5.45. The van der Waals surface area contributed by atoms with Crippen LogP contribution in [0.25, 0.3) is 0 Å². The van der Waals surface area contributed by atoms with Crippen molar-refractivity contribution in [3.05, 3.63) is 75.4 Å². The van der Waals surface area contributed by atoms with Crippen molar-refractivity contribution in [2.45, 2.75) is 32.7 Å². The van der Waals surface area contributed by atoms with Crippen LogP contribution in [0.15, 0.2) is 60.0 Å². The minimum absolute atomic E-state index is 0.0264. The number of fused-ring (bicyclic) bond motifs is 1. The van der Waals surface area contributed by atoms with E-state index in [1.165, 1.54) is 4.88 Å². The van der Waals surface area contributed by atoms with Gasteiger partial charge in [-0.25, -0.2) is 4.79 Å². The molecular weight excluding hydrogens is 522 g/mol. The molecule has 1 N–H and O–H groups in total. The molecule has 0 fully saturated rings. The number of methoxy groups -OCH3 is 1. The molecule has 3 amide bonds. The van der Waals surface area contributed by atoms with Gasteiger partial charge in [0.05, 0.1) is 13.2 Å². The minimum atomic E-state index is -0.323. The third-order valence-corrected chi connectivity index (χ3v) is 8.03. The summed E-state index contributed by atoms with van der Waals surface area (Å²) in [7, 11) is 1.61. The monoisotopic (exact) mass is 555 g/mol. The van der Waals surface area contributed by atoms with Crippen LogP contribution in [0.4, 0.5) is 10.5 Å². The Labute approximate surface area is 233 Å². The molecule has 0 saturated heterocycles. The summed E-state index contributed by atoms with van der Waals surface area (Å²) < 4.78 is 11.6. The second-order valence-electron chi connectivity index (χ2n) is 9.45. The minimum Gasteiger partial charge on any atom is -0.493 e. The normalized spacial score (nSPS) is 15.4. The molecule has 4 rings (SSSR count). The number of nitrogens with zero attached hydrogens (tertiary/aromatic N) is 2. The number of ether oxygens (including phenoxy) is 2. The van der Waals surface area contributed by atoms with Gasteiger partial charge < -0.3 is 24.6 Å². The Morgan fingerprint density at radius 2 is 1.97 bits per heavy atom. The van der Waals surface area contributed by atoms with Crippen molar-refractivity contribution in [2.24, 2.45) is 5.92 Å². The molecule has 202 valence electrons. The van der Waals surface area contributed by atoms with E-state index in [9.17, 15) is 9.59 Å². The lowest BCUT2D eigenvalue weighted by Crippen LogP contribution is -2.49. The molecule has 0 bridgehead atoms. The Hall–Kier alpha value is -3.23. The number of anilines is 1. The van der Waals surface area contributed by atoms with Crippen molar-refractivity contribution in [1.29, 1.82) is 0 Å². The zero-order valence-corrected chi connectivity index (χ0v) is 23.6. The summed E-state index contributed by atoms with van der Waals surface area (Å²) in [6.07, 6.45) is 1.68. The number of carbonyl (C=O) groups excluding carboxylic acids is 2. The van der Waals surface area contributed by atoms with Crippen LogP contribution in [0.2, 0.25) is 5.02 Å². The van der Waals surface area contributed by atoms with Gasteiger partial charge in [-0.05, 0) is 59.7 Å². The van der Waals surface area contributed by atoms with Crippen molar-refractivity contribution in [3.63, 3.8) is 0 Å². The fourth-order valence-corrected chi connectivity index (χ4v) is 5.65. The molecule has 1 aromatic heterocycles. The summed E-state index contributed by atoms with van der Waals surface area (Å²) >= 11 is 7.80. The number of amides is 3. The Morgan fingerprint density at radius 3 is 2.71 bits per heavy atom. The number of carbonyl (C=O) groups is 2. The number of hydrogen-bond donors (Lipinski definition) is 1. The van der Waals surface area contributed by atoms with Gasteiger partial charge in [-0.3, -0.25) is 4.79 Å². The highest BCUT2D eigenvalue weighted by Crippen LogP contribution is 2.35. The predicted octanol–water partition coefficient (Wildman–Crippen LogP) is 6.50. The van der Waals surface area contributed by atoms with Gasteiger partial charge in [0.15, 0.2) is 11.5 Å². The summed E-state index contributed by atoms with van der Waals surface area (Å²) in [5, 5.41) is 5.49. The van der Waals surface area contributed by atoms with Crippen LogP contribution >= 0.6 is 22.9 Å². The quantitative estimate of drug-likeness (QED) is 0.310. The number of urea groups is 1. The summed E-state index contributed by atoms with van der Waals surface area (Å²) in [5.41, 5.74) is 1.69. The number of hydrogen-bond acceptors (Lipinski definition) is 5. The Bertz CT molecular complexity index is 1250. The molecule has 0 radical (unpaired) electrons. The smallest absolute Gasteiger partial charge is 0.322 e. The van der Waals surface area contributed by atoms with E-state index in [4.69, 9.17) is 21.1 Å². The largest absolute Gasteiger partial charge is 0.493 e. The van der Waals surface area contributed by atoms with Gasteiger partial charge in [0, 0.05) is 28.7 Å². The first-order chi connectivity index (χ1) is 18.4. The molecule has 0 aliphatic carbocycles. The highest BCUT2D eigenvalue weighted by Gasteiger charge is 2.34. The van der Waals surface area contributed by atoms with E-state index in [2.05, 4.69) is 30.6 Å². The summed E-state index contributed by atoms with van der Waals surface area (Å²) in [4.78, 5) is 31.8. The molecule has 3 aromatic rings.